The largest absolute Gasteiger partial charge is 0.394 e. The van der Waals surface area contributed by atoms with Crippen molar-refractivity contribution in [2.75, 3.05) is 19.8 Å². The maximum absolute atomic E-state index is 11.9. The van der Waals surface area contributed by atoms with Crippen LogP contribution in [-0.4, -0.2) is 46.6 Å². The number of nitrogens with one attached hydrogen (secondary N) is 1. The molecule has 1 aliphatic rings. The molecule has 0 aromatic rings. The summed E-state index contributed by atoms with van der Waals surface area (Å²) in [4.78, 5) is 11.9. The number of amides is 1. The fourth-order valence-corrected chi connectivity index (χ4v) is 2.45. The fourth-order valence-electron chi connectivity index (χ4n) is 2.45. The zero-order valence-electron chi connectivity index (χ0n) is 10.9. The van der Waals surface area contributed by atoms with Gasteiger partial charge in [-0.25, -0.2) is 0 Å². The van der Waals surface area contributed by atoms with Crippen molar-refractivity contribution >= 4 is 5.91 Å². The molecule has 0 bridgehead atoms. The first-order chi connectivity index (χ1) is 8.65. The zero-order valence-corrected chi connectivity index (χ0v) is 10.9. The van der Waals surface area contributed by atoms with Gasteiger partial charge in [-0.15, -0.1) is 0 Å². The molecule has 0 aromatic heterocycles. The van der Waals surface area contributed by atoms with Gasteiger partial charge in [0, 0.05) is 6.42 Å². The van der Waals surface area contributed by atoms with Crippen LogP contribution < -0.4 is 5.32 Å². The van der Waals surface area contributed by atoms with E-state index in [2.05, 4.69) is 5.32 Å². The maximum atomic E-state index is 11.9. The van der Waals surface area contributed by atoms with Gasteiger partial charge in [0.05, 0.1) is 19.8 Å². The number of hydrogen-bond acceptors (Lipinski definition) is 4. The highest BCUT2D eigenvalue weighted by molar-refractivity contribution is 5.77. The van der Waals surface area contributed by atoms with Gasteiger partial charge in [0.1, 0.15) is 5.54 Å². The molecule has 0 aliphatic heterocycles. The van der Waals surface area contributed by atoms with E-state index in [0.717, 1.165) is 12.8 Å². The average Bonchev–Trinajstić information content (AvgIpc) is 2.65. The Balaban J connectivity index is 2.43. The molecule has 0 saturated heterocycles. The van der Waals surface area contributed by atoms with Gasteiger partial charge in [0.15, 0.2) is 0 Å². The topological polar surface area (TPSA) is 89.8 Å². The molecule has 0 unspecified atom stereocenters. The highest BCUT2D eigenvalue weighted by Crippen LogP contribution is 2.25. The molecular weight excluding hydrogens is 234 g/mol. The molecule has 5 nitrogen and oxygen atoms in total. The molecule has 1 aliphatic carbocycles. The normalized spacial score (nSPS) is 18.4. The SMILES string of the molecule is O=C(CC1CCCCCC1)NC(CO)(CO)CO. The summed E-state index contributed by atoms with van der Waals surface area (Å²) in [5.74, 6) is 0.195. The lowest BCUT2D eigenvalue weighted by atomic mass is 9.95. The molecule has 1 fully saturated rings. The third kappa shape index (κ3) is 4.55. The van der Waals surface area contributed by atoms with E-state index in [9.17, 15) is 4.79 Å². The highest BCUT2D eigenvalue weighted by Gasteiger charge is 2.30. The lowest BCUT2D eigenvalue weighted by molar-refractivity contribution is -0.126. The Morgan fingerprint density at radius 2 is 1.50 bits per heavy atom. The average molecular weight is 259 g/mol. The van der Waals surface area contributed by atoms with Crippen LogP contribution >= 0.6 is 0 Å². The van der Waals surface area contributed by atoms with Gasteiger partial charge < -0.3 is 20.6 Å². The minimum absolute atomic E-state index is 0.195. The van der Waals surface area contributed by atoms with Crippen molar-refractivity contribution in [2.45, 2.75) is 50.5 Å². The minimum atomic E-state index is -1.29. The van der Waals surface area contributed by atoms with Crippen molar-refractivity contribution in [3.63, 3.8) is 0 Å². The summed E-state index contributed by atoms with van der Waals surface area (Å²) < 4.78 is 0. The Kier molecular flexibility index (Phi) is 6.60. The van der Waals surface area contributed by atoms with E-state index >= 15 is 0 Å². The summed E-state index contributed by atoms with van der Waals surface area (Å²) in [6, 6.07) is 0. The van der Waals surface area contributed by atoms with Crippen LogP contribution in [0, 0.1) is 5.92 Å². The second kappa shape index (κ2) is 7.71. The Hall–Kier alpha value is -0.650. The van der Waals surface area contributed by atoms with Crippen LogP contribution in [0.25, 0.3) is 0 Å². The molecule has 106 valence electrons. The quantitative estimate of drug-likeness (QED) is 0.512. The molecule has 1 amide bonds. The van der Waals surface area contributed by atoms with Gasteiger partial charge in [-0.2, -0.15) is 0 Å². The van der Waals surface area contributed by atoms with Crippen molar-refractivity contribution in [1.29, 1.82) is 0 Å². The molecule has 4 N–H and O–H groups in total. The van der Waals surface area contributed by atoms with Crippen molar-refractivity contribution in [3.8, 4) is 0 Å². The predicted molar refractivity (Wildman–Crippen MR) is 67.9 cm³/mol. The van der Waals surface area contributed by atoms with Gasteiger partial charge in [0.25, 0.3) is 0 Å². The van der Waals surface area contributed by atoms with E-state index in [4.69, 9.17) is 15.3 Å². The number of carbonyl (C=O) groups is 1. The van der Waals surface area contributed by atoms with Crippen LogP contribution in [0.5, 0.6) is 0 Å². The van der Waals surface area contributed by atoms with Gasteiger partial charge in [-0.1, -0.05) is 25.7 Å². The van der Waals surface area contributed by atoms with E-state index in [1.807, 2.05) is 0 Å². The molecule has 5 heteroatoms. The summed E-state index contributed by atoms with van der Waals surface area (Å²) in [7, 11) is 0. The summed E-state index contributed by atoms with van der Waals surface area (Å²) in [6.07, 6.45) is 7.38. The molecule has 0 spiro atoms. The van der Waals surface area contributed by atoms with E-state index < -0.39 is 25.4 Å². The Morgan fingerprint density at radius 3 is 1.94 bits per heavy atom. The van der Waals surface area contributed by atoms with E-state index in [-0.39, 0.29) is 5.91 Å². The standard InChI is InChI=1S/C13H25NO4/c15-8-13(9-16,10-17)14-12(18)7-11-5-3-1-2-4-6-11/h11,15-17H,1-10H2,(H,14,18). The second-order valence-electron chi connectivity index (χ2n) is 5.36. The van der Waals surface area contributed by atoms with Crippen LogP contribution in [0.1, 0.15) is 44.9 Å². The molecule has 0 radical (unpaired) electrons. The van der Waals surface area contributed by atoms with E-state index in [0.29, 0.717) is 12.3 Å². The molecule has 1 saturated carbocycles. The lowest BCUT2D eigenvalue weighted by Gasteiger charge is -2.29. The highest BCUT2D eigenvalue weighted by atomic mass is 16.3. The maximum Gasteiger partial charge on any atom is 0.220 e. The third-order valence-corrected chi connectivity index (χ3v) is 3.76. The van der Waals surface area contributed by atoms with Crippen LogP contribution in [-0.2, 0) is 4.79 Å². The van der Waals surface area contributed by atoms with Gasteiger partial charge in [-0.3, -0.25) is 4.79 Å². The van der Waals surface area contributed by atoms with Crippen LogP contribution in [0.15, 0.2) is 0 Å². The Morgan fingerprint density at radius 1 is 1.00 bits per heavy atom. The number of hydrogen-bond donors (Lipinski definition) is 4. The van der Waals surface area contributed by atoms with Gasteiger partial charge >= 0.3 is 0 Å². The van der Waals surface area contributed by atoms with Gasteiger partial charge in [-0.05, 0) is 18.8 Å². The number of aliphatic hydroxyl groups is 3. The first kappa shape index (κ1) is 15.4. The summed E-state index contributed by atoms with van der Waals surface area (Å²) >= 11 is 0. The van der Waals surface area contributed by atoms with Crippen LogP contribution in [0.3, 0.4) is 0 Å². The molecule has 18 heavy (non-hydrogen) atoms. The van der Waals surface area contributed by atoms with E-state index in [1.54, 1.807) is 0 Å². The minimum Gasteiger partial charge on any atom is -0.394 e. The van der Waals surface area contributed by atoms with Gasteiger partial charge in [0.2, 0.25) is 5.91 Å². The van der Waals surface area contributed by atoms with Crippen molar-refractivity contribution in [1.82, 2.24) is 5.32 Å². The summed E-state index contributed by atoms with van der Waals surface area (Å²) in [5.41, 5.74) is -1.29. The summed E-state index contributed by atoms with van der Waals surface area (Å²) in [6.45, 7) is -1.39. The van der Waals surface area contributed by atoms with Crippen molar-refractivity contribution in [2.24, 2.45) is 5.92 Å². The van der Waals surface area contributed by atoms with E-state index in [1.165, 1.54) is 25.7 Å². The monoisotopic (exact) mass is 259 g/mol. The number of rotatable bonds is 6. The zero-order chi connectivity index (χ0) is 13.4. The van der Waals surface area contributed by atoms with Crippen LogP contribution in [0.4, 0.5) is 0 Å². The first-order valence-electron chi connectivity index (χ1n) is 6.79. The molecule has 0 atom stereocenters. The molecular formula is C13H25NO4. The lowest BCUT2D eigenvalue weighted by Crippen LogP contribution is -2.57. The predicted octanol–water partition coefficient (Wildman–Crippen LogP) is 0.179. The van der Waals surface area contributed by atoms with Crippen molar-refractivity contribution in [3.05, 3.63) is 0 Å². The second-order valence-corrected chi connectivity index (χ2v) is 5.36. The van der Waals surface area contributed by atoms with Crippen molar-refractivity contribution < 1.29 is 20.1 Å². The smallest absolute Gasteiger partial charge is 0.220 e. The Bertz CT molecular complexity index is 237. The molecule has 0 aromatic carbocycles. The fraction of sp³-hybridized carbons (Fsp3) is 0.923. The van der Waals surface area contributed by atoms with Crippen LogP contribution in [0.2, 0.25) is 0 Å². The Labute approximate surface area is 108 Å². The third-order valence-electron chi connectivity index (χ3n) is 3.76. The molecule has 1 rings (SSSR count). The molecule has 0 heterocycles. The summed E-state index contributed by atoms with van der Waals surface area (Å²) in [5, 5.41) is 30.0. The number of aliphatic hydroxyl groups excluding tert-OH is 3. The number of carbonyl (C=O) groups excluding carboxylic acids is 1. The first-order valence-corrected chi connectivity index (χ1v) is 6.79.